The highest BCUT2D eigenvalue weighted by atomic mass is 16.6. The molecule has 1 aliphatic rings. The van der Waals surface area contributed by atoms with Crippen molar-refractivity contribution in [3.63, 3.8) is 0 Å². The van der Waals surface area contributed by atoms with E-state index >= 15 is 0 Å². The molecule has 0 unspecified atom stereocenters. The van der Waals surface area contributed by atoms with Crippen LogP contribution in [0.2, 0.25) is 0 Å². The zero-order chi connectivity index (χ0) is 13.0. The number of rotatable bonds is 4. The monoisotopic (exact) mass is 251 g/mol. The lowest BCUT2D eigenvalue weighted by Gasteiger charge is -2.22. The minimum absolute atomic E-state index is 0.0617. The maximum atomic E-state index is 10.7. The molecule has 18 heavy (non-hydrogen) atoms. The highest BCUT2D eigenvalue weighted by Crippen LogP contribution is 2.20. The maximum Gasteiger partial charge on any atom is 0.290 e. The van der Waals surface area contributed by atoms with E-state index in [9.17, 15) is 10.1 Å². The van der Waals surface area contributed by atoms with Gasteiger partial charge >= 0.3 is 0 Å². The number of hydrogen-bond acceptors (Lipinski definition) is 5. The SMILES string of the molecule is Cc1cc(NCC2CCOCC2)ncc1[N+](=O)[O-]. The fourth-order valence-corrected chi connectivity index (χ4v) is 2.04. The van der Waals surface area contributed by atoms with E-state index in [1.807, 2.05) is 0 Å². The van der Waals surface area contributed by atoms with Crippen LogP contribution in [0.15, 0.2) is 12.3 Å². The number of aryl methyl sites for hydroxylation is 1. The topological polar surface area (TPSA) is 77.3 Å². The lowest BCUT2D eigenvalue weighted by atomic mass is 10.0. The van der Waals surface area contributed by atoms with Gasteiger partial charge in [0.05, 0.1) is 4.92 Å². The van der Waals surface area contributed by atoms with Crippen molar-refractivity contribution in [3.05, 3.63) is 27.9 Å². The number of pyridine rings is 1. The predicted molar refractivity (Wildman–Crippen MR) is 67.7 cm³/mol. The van der Waals surface area contributed by atoms with Gasteiger partial charge in [0, 0.05) is 25.3 Å². The van der Waals surface area contributed by atoms with Crippen molar-refractivity contribution in [1.29, 1.82) is 0 Å². The number of nitro groups is 1. The molecule has 0 aliphatic carbocycles. The first kappa shape index (κ1) is 12.8. The van der Waals surface area contributed by atoms with Crippen LogP contribution in [-0.4, -0.2) is 29.7 Å². The van der Waals surface area contributed by atoms with Gasteiger partial charge in [-0.3, -0.25) is 10.1 Å². The van der Waals surface area contributed by atoms with E-state index in [1.165, 1.54) is 6.20 Å². The molecule has 0 spiro atoms. The molecule has 0 radical (unpaired) electrons. The van der Waals surface area contributed by atoms with E-state index in [0.717, 1.165) is 32.6 Å². The number of aromatic nitrogens is 1. The maximum absolute atomic E-state index is 10.7. The molecule has 2 rings (SSSR count). The van der Waals surface area contributed by atoms with E-state index in [0.29, 0.717) is 17.3 Å². The van der Waals surface area contributed by atoms with Crippen LogP contribution in [-0.2, 0) is 4.74 Å². The molecule has 1 saturated heterocycles. The fraction of sp³-hybridized carbons (Fsp3) is 0.583. The molecular formula is C12H17N3O3. The van der Waals surface area contributed by atoms with Gasteiger partial charge in [-0.2, -0.15) is 0 Å². The Morgan fingerprint density at radius 3 is 2.89 bits per heavy atom. The molecule has 1 aromatic rings. The number of anilines is 1. The Labute approximate surface area is 106 Å². The minimum atomic E-state index is -0.412. The lowest BCUT2D eigenvalue weighted by Crippen LogP contribution is -2.22. The summed E-state index contributed by atoms with van der Waals surface area (Å²) in [4.78, 5) is 14.3. The summed E-state index contributed by atoms with van der Waals surface area (Å²) >= 11 is 0. The second kappa shape index (κ2) is 5.77. The van der Waals surface area contributed by atoms with Gasteiger partial charge in [-0.15, -0.1) is 0 Å². The van der Waals surface area contributed by atoms with Crippen LogP contribution in [0, 0.1) is 23.0 Å². The second-order valence-corrected chi connectivity index (χ2v) is 4.55. The molecule has 0 amide bonds. The summed E-state index contributed by atoms with van der Waals surface area (Å²) in [6, 6.07) is 1.72. The van der Waals surface area contributed by atoms with Crippen molar-refractivity contribution in [2.75, 3.05) is 25.1 Å². The lowest BCUT2D eigenvalue weighted by molar-refractivity contribution is -0.385. The van der Waals surface area contributed by atoms with Crippen molar-refractivity contribution >= 4 is 11.5 Å². The number of ether oxygens (including phenoxy) is 1. The highest BCUT2D eigenvalue weighted by Gasteiger charge is 2.15. The minimum Gasteiger partial charge on any atom is -0.381 e. The quantitative estimate of drug-likeness (QED) is 0.655. The largest absolute Gasteiger partial charge is 0.381 e. The molecule has 6 nitrogen and oxygen atoms in total. The molecule has 1 N–H and O–H groups in total. The Bertz CT molecular complexity index is 431. The zero-order valence-corrected chi connectivity index (χ0v) is 10.4. The number of nitrogens with one attached hydrogen (secondary N) is 1. The van der Waals surface area contributed by atoms with Crippen molar-refractivity contribution < 1.29 is 9.66 Å². The van der Waals surface area contributed by atoms with E-state index in [2.05, 4.69) is 10.3 Å². The summed E-state index contributed by atoms with van der Waals surface area (Å²) in [6.07, 6.45) is 3.42. The van der Waals surface area contributed by atoms with Crippen molar-refractivity contribution in [2.45, 2.75) is 19.8 Å². The van der Waals surface area contributed by atoms with Gasteiger partial charge in [0.25, 0.3) is 5.69 Å². The third-order valence-corrected chi connectivity index (χ3v) is 3.19. The van der Waals surface area contributed by atoms with Gasteiger partial charge in [-0.25, -0.2) is 4.98 Å². The molecular weight excluding hydrogens is 234 g/mol. The Morgan fingerprint density at radius 1 is 1.56 bits per heavy atom. The third kappa shape index (κ3) is 3.16. The van der Waals surface area contributed by atoms with Crippen LogP contribution >= 0.6 is 0 Å². The van der Waals surface area contributed by atoms with Gasteiger partial charge in [-0.1, -0.05) is 0 Å². The molecule has 0 atom stereocenters. The van der Waals surface area contributed by atoms with Gasteiger partial charge in [-0.05, 0) is 31.7 Å². The molecule has 1 aromatic heterocycles. The van der Waals surface area contributed by atoms with Gasteiger partial charge < -0.3 is 10.1 Å². The van der Waals surface area contributed by atoms with Crippen molar-refractivity contribution in [2.24, 2.45) is 5.92 Å². The summed E-state index contributed by atoms with van der Waals surface area (Å²) in [7, 11) is 0. The molecule has 0 saturated carbocycles. The molecule has 98 valence electrons. The Balaban J connectivity index is 1.93. The molecule has 2 heterocycles. The smallest absolute Gasteiger partial charge is 0.290 e. The summed E-state index contributed by atoms with van der Waals surface area (Å²) in [5, 5.41) is 13.9. The molecule has 1 fully saturated rings. The summed E-state index contributed by atoms with van der Waals surface area (Å²) < 4.78 is 5.29. The molecule has 6 heteroatoms. The summed E-state index contributed by atoms with van der Waals surface area (Å²) in [5.74, 6) is 1.29. The van der Waals surface area contributed by atoms with E-state index in [4.69, 9.17) is 4.74 Å². The predicted octanol–water partition coefficient (Wildman–Crippen LogP) is 2.14. The standard InChI is InChI=1S/C12H17N3O3/c1-9-6-12(14-8-11(9)15(16)17)13-7-10-2-4-18-5-3-10/h6,8,10H,2-5,7H2,1H3,(H,13,14). The Hall–Kier alpha value is -1.69. The fourth-order valence-electron chi connectivity index (χ4n) is 2.04. The van der Waals surface area contributed by atoms with E-state index < -0.39 is 4.92 Å². The van der Waals surface area contributed by atoms with Gasteiger partial charge in [0.15, 0.2) is 0 Å². The first-order chi connectivity index (χ1) is 8.66. The highest BCUT2D eigenvalue weighted by molar-refractivity contribution is 5.46. The summed E-state index contributed by atoms with van der Waals surface area (Å²) in [6.45, 7) is 4.20. The van der Waals surface area contributed by atoms with Crippen molar-refractivity contribution in [3.8, 4) is 0 Å². The average molecular weight is 251 g/mol. The normalized spacial score (nSPS) is 16.5. The Morgan fingerprint density at radius 2 is 2.28 bits per heavy atom. The van der Waals surface area contributed by atoms with Crippen LogP contribution in [0.3, 0.4) is 0 Å². The van der Waals surface area contributed by atoms with Crippen LogP contribution in [0.1, 0.15) is 18.4 Å². The first-order valence-corrected chi connectivity index (χ1v) is 6.09. The van der Waals surface area contributed by atoms with E-state index in [1.54, 1.807) is 13.0 Å². The van der Waals surface area contributed by atoms with Crippen LogP contribution < -0.4 is 5.32 Å². The molecule has 1 aliphatic heterocycles. The molecule has 0 aromatic carbocycles. The first-order valence-electron chi connectivity index (χ1n) is 6.09. The summed E-state index contributed by atoms with van der Waals surface area (Å²) in [5.41, 5.74) is 0.691. The van der Waals surface area contributed by atoms with Crippen LogP contribution in [0.25, 0.3) is 0 Å². The van der Waals surface area contributed by atoms with Gasteiger partial charge in [0.2, 0.25) is 0 Å². The number of hydrogen-bond donors (Lipinski definition) is 1. The van der Waals surface area contributed by atoms with Crippen LogP contribution in [0.4, 0.5) is 11.5 Å². The van der Waals surface area contributed by atoms with Crippen LogP contribution in [0.5, 0.6) is 0 Å². The third-order valence-electron chi connectivity index (χ3n) is 3.19. The van der Waals surface area contributed by atoms with E-state index in [-0.39, 0.29) is 5.69 Å². The van der Waals surface area contributed by atoms with Crippen molar-refractivity contribution in [1.82, 2.24) is 4.98 Å². The zero-order valence-electron chi connectivity index (χ0n) is 10.4. The average Bonchev–Trinajstić information content (AvgIpc) is 2.37. The van der Waals surface area contributed by atoms with Gasteiger partial charge in [0.1, 0.15) is 12.0 Å². The molecule has 0 bridgehead atoms. The Kier molecular flexibility index (Phi) is 4.09. The second-order valence-electron chi connectivity index (χ2n) is 4.55. The number of nitrogens with zero attached hydrogens (tertiary/aromatic N) is 2.